The topological polar surface area (TPSA) is 40.5 Å². The molecule has 4 aliphatic carbocycles. The van der Waals surface area contributed by atoms with Crippen molar-refractivity contribution in [2.24, 2.45) is 34.0 Å². The van der Waals surface area contributed by atoms with Gasteiger partial charge in [0.2, 0.25) is 0 Å². The largest absolute Gasteiger partial charge is 0.395 e. The molecule has 0 amide bonds. The Hall–Kier alpha value is 0.140. The summed E-state index contributed by atoms with van der Waals surface area (Å²) in [4.78, 5) is 0.113. The highest BCUT2D eigenvalue weighted by molar-refractivity contribution is 9.09. The van der Waals surface area contributed by atoms with E-state index in [-0.39, 0.29) is 23.0 Å². The lowest BCUT2D eigenvalue weighted by Gasteiger charge is -2.57. The maximum absolute atomic E-state index is 11.0. The molecule has 0 aromatic heterocycles. The van der Waals surface area contributed by atoms with Gasteiger partial charge in [-0.15, -0.1) is 0 Å². The van der Waals surface area contributed by atoms with Gasteiger partial charge in [-0.05, 0) is 66.6 Å². The number of alkyl halides is 1. The lowest BCUT2D eigenvalue weighted by atomic mass is 9.48. The third-order valence-electron chi connectivity index (χ3n) is 8.43. The molecule has 2 N–H and O–H groups in total. The number of hydrogen-bond acceptors (Lipinski definition) is 2. The molecule has 3 fully saturated rings. The van der Waals surface area contributed by atoms with Crippen molar-refractivity contribution in [3.8, 4) is 0 Å². The molecule has 4 rings (SSSR count). The van der Waals surface area contributed by atoms with E-state index in [1.54, 1.807) is 5.57 Å². The van der Waals surface area contributed by atoms with Crippen molar-refractivity contribution in [2.45, 2.75) is 70.2 Å². The van der Waals surface area contributed by atoms with Gasteiger partial charge in [0.15, 0.2) is 0 Å². The summed E-state index contributed by atoms with van der Waals surface area (Å²) < 4.78 is 0. The zero-order valence-electron chi connectivity index (χ0n) is 14.7. The molecule has 23 heavy (non-hydrogen) atoms. The summed E-state index contributed by atoms with van der Waals surface area (Å²) in [5.41, 5.74) is 2.40. The number of aliphatic hydroxyl groups excluding tert-OH is 2. The van der Waals surface area contributed by atoms with Crippen molar-refractivity contribution in [3.63, 3.8) is 0 Å². The Morgan fingerprint density at radius 1 is 1.30 bits per heavy atom. The van der Waals surface area contributed by atoms with Crippen molar-refractivity contribution in [1.82, 2.24) is 0 Å². The molecular formula is C20H31BrO2. The molecule has 0 saturated heterocycles. The van der Waals surface area contributed by atoms with Crippen LogP contribution in [-0.2, 0) is 0 Å². The number of halogens is 1. The van der Waals surface area contributed by atoms with Crippen molar-refractivity contribution >= 4 is 15.9 Å². The van der Waals surface area contributed by atoms with Gasteiger partial charge >= 0.3 is 0 Å². The van der Waals surface area contributed by atoms with Gasteiger partial charge in [0.25, 0.3) is 0 Å². The quantitative estimate of drug-likeness (QED) is 0.552. The van der Waals surface area contributed by atoms with Crippen LogP contribution >= 0.6 is 15.9 Å². The summed E-state index contributed by atoms with van der Waals surface area (Å²) in [6, 6.07) is 0. The van der Waals surface area contributed by atoms with E-state index in [1.165, 1.54) is 19.3 Å². The molecule has 3 saturated carbocycles. The number of hydrogen-bond donors (Lipinski definition) is 2. The molecule has 0 aliphatic heterocycles. The molecule has 0 bridgehead atoms. The molecule has 0 spiro atoms. The van der Waals surface area contributed by atoms with Crippen LogP contribution in [0.1, 0.15) is 59.3 Å². The second-order valence-electron chi connectivity index (χ2n) is 9.70. The third kappa shape index (κ3) is 2.18. The van der Waals surface area contributed by atoms with Gasteiger partial charge in [-0.1, -0.05) is 48.4 Å². The second kappa shape index (κ2) is 5.08. The van der Waals surface area contributed by atoms with E-state index >= 15 is 0 Å². The van der Waals surface area contributed by atoms with Crippen molar-refractivity contribution in [1.29, 1.82) is 0 Å². The SMILES string of the molecule is C[C@]1([C@H](Br)CO)CC=C2[C@@H](C1)[C@H](O)C[C@@H]1[C@@]3(C)C[C@H]3CC[C@@]21C. The van der Waals surface area contributed by atoms with Crippen molar-refractivity contribution in [2.75, 3.05) is 6.61 Å². The number of aliphatic hydroxyl groups is 2. The van der Waals surface area contributed by atoms with E-state index < -0.39 is 0 Å². The Balaban J connectivity index is 1.70. The zero-order chi connectivity index (χ0) is 16.6. The van der Waals surface area contributed by atoms with Crippen LogP contribution in [0.4, 0.5) is 0 Å². The van der Waals surface area contributed by atoms with Gasteiger partial charge in [-0.25, -0.2) is 0 Å². The highest BCUT2D eigenvalue weighted by atomic mass is 79.9. The smallest absolute Gasteiger partial charge is 0.0609 e. The van der Waals surface area contributed by atoms with Gasteiger partial charge in [0.05, 0.1) is 12.7 Å². The minimum Gasteiger partial charge on any atom is -0.395 e. The second-order valence-corrected chi connectivity index (χ2v) is 10.8. The van der Waals surface area contributed by atoms with Crippen molar-refractivity contribution < 1.29 is 10.2 Å². The molecule has 4 aliphatic rings. The average Bonchev–Trinajstić information content (AvgIpc) is 3.20. The van der Waals surface area contributed by atoms with Gasteiger partial charge in [-0.2, -0.15) is 0 Å². The first-order valence-electron chi connectivity index (χ1n) is 9.38. The summed E-state index contributed by atoms with van der Waals surface area (Å²) in [6.45, 7) is 7.39. The predicted octanol–water partition coefficient (Wildman–Crippen LogP) is 4.29. The fraction of sp³-hybridized carbons (Fsp3) is 0.900. The number of allylic oxidation sites excluding steroid dienone is 1. The Kier molecular flexibility index (Phi) is 3.67. The minimum atomic E-state index is -0.200. The van der Waals surface area contributed by atoms with Crippen LogP contribution in [0, 0.1) is 34.0 Å². The van der Waals surface area contributed by atoms with Crippen LogP contribution in [0.2, 0.25) is 0 Å². The predicted molar refractivity (Wildman–Crippen MR) is 96.4 cm³/mol. The van der Waals surface area contributed by atoms with E-state index in [0.717, 1.165) is 25.2 Å². The molecule has 2 nitrogen and oxygen atoms in total. The zero-order valence-corrected chi connectivity index (χ0v) is 16.3. The molecule has 0 aromatic carbocycles. The average molecular weight is 383 g/mol. The highest BCUT2D eigenvalue weighted by Crippen LogP contribution is 2.73. The van der Waals surface area contributed by atoms with E-state index in [0.29, 0.717) is 22.7 Å². The Labute approximate surface area is 148 Å². The Morgan fingerprint density at radius 2 is 2.04 bits per heavy atom. The fourth-order valence-electron chi connectivity index (χ4n) is 6.65. The first-order valence-corrected chi connectivity index (χ1v) is 10.3. The molecular weight excluding hydrogens is 352 g/mol. The first kappa shape index (κ1) is 16.6. The normalized spacial score (nSPS) is 56.0. The molecule has 8 atom stereocenters. The van der Waals surface area contributed by atoms with Crippen LogP contribution in [0.15, 0.2) is 11.6 Å². The molecule has 0 heterocycles. The Bertz CT molecular complexity index is 546. The van der Waals surface area contributed by atoms with E-state index in [2.05, 4.69) is 42.8 Å². The van der Waals surface area contributed by atoms with Crippen LogP contribution in [0.25, 0.3) is 0 Å². The fourth-order valence-corrected chi connectivity index (χ4v) is 7.03. The Morgan fingerprint density at radius 3 is 2.74 bits per heavy atom. The number of fused-ring (bicyclic) bond motifs is 5. The van der Waals surface area contributed by atoms with Crippen LogP contribution < -0.4 is 0 Å². The summed E-state index contributed by atoms with van der Waals surface area (Å²) >= 11 is 3.68. The van der Waals surface area contributed by atoms with Crippen LogP contribution in [0.5, 0.6) is 0 Å². The van der Waals surface area contributed by atoms with Gasteiger partial charge in [0, 0.05) is 10.7 Å². The monoisotopic (exact) mass is 382 g/mol. The highest BCUT2D eigenvalue weighted by Gasteiger charge is 2.66. The van der Waals surface area contributed by atoms with Gasteiger partial charge < -0.3 is 10.2 Å². The summed E-state index contributed by atoms with van der Waals surface area (Å²) in [7, 11) is 0. The molecule has 0 aromatic rings. The van der Waals surface area contributed by atoms with E-state index in [9.17, 15) is 10.2 Å². The first-order chi connectivity index (χ1) is 10.7. The summed E-state index contributed by atoms with van der Waals surface area (Å²) in [5, 5.41) is 20.6. The maximum atomic E-state index is 11.0. The maximum Gasteiger partial charge on any atom is 0.0609 e. The molecule has 3 heteroatoms. The van der Waals surface area contributed by atoms with Crippen molar-refractivity contribution in [3.05, 3.63) is 11.6 Å². The van der Waals surface area contributed by atoms with E-state index in [1.807, 2.05) is 0 Å². The van der Waals surface area contributed by atoms with Gasteiger partial charge in [0.1, 0.15) is 0 Å². The van der Waals surface area contributed by atoms with Crippen LogP contribution in [0.3, 0.4) is 0 Å². The van der Waals surface area contributed by atoms with E-state index in [4.69, 9.17) is 0 Å². The molecule has 0 unspecified atom stereocenters. The minimum absolute atomic E-state index is 0.0494. The van der Waals surface area contributed by atoms with Crippen LogP contribution in [-0.4, -0.2) is 27.8 Å². The third-order valence-corrected chi connectivity index (χ3v) is 9.82. The van der Waals surface area contributed by atoms with Gasteiger partial charge in [-0.3, -0.25) is 0 Å². The molecule has 0 radical (unpaired) electrons. The number of rotatable bonds is 2. The lowest BCUT2D eigenvalue weighted by Crippen LogP contribution is -2.52. The summed E-state index contributed by atoms with van der Waals surface area (Å²) in [6.07, 6.45) is 9.31. The lowest BCUT2D eigenvalue weighted by molar-refractivity contribution is -0.0481. The molecule has 130 valence electrons. The standard InChI is InChI=1S/C20H31BrO2/c1-18(17(21)11-22)6-5-14-13(10-18)15(23)8-16-19(14,2)7-4-12-9-20(12,16)3/h5,12-13,15-17,22-23H,4,6-11H2,1-3H3/t12-,13-,15-,16+,17-,18+,19+,20+/m1/s1. The summed E-state index contributed by atoms with van der Waals surface area (Å²) in [5.74, 6) is 1.87.